The molecule has 1 aliphatic heterocycles. The number of benzene rings is 2. The van der Waals surface area contributed by atoms with Gasteiger partial charge in [0.2, 0.25) is 6.23 Å². The van der Waals surface area contributed by atoms with Crippen LogP contribution in [0.1, 0.15) is 16.6 Å². The molecule has 0 N–H and O–H groups in total. The Bertz CT molecular complexity index is 916. The smallest absolute Gasteiger partial charge is 0.428 e. The average molecular weight is 323 g/mol. The fourth-order valence-electron chi connectivity index (χ4n) is 2.65. The van der Waals surface area contributed by atoms with Crippen LogP contribution in [0, 0.1) is 0 Å². The van der Waals surface area contributed by atoms with Crippen LogP contribution in [0.15, 0.2) is 60.8 Å². The van der Waals surface area contributed by atoms with Gasteiger partial charge in [-0.1, -0.05) is 18.2 Å². The highest BCUT2D eigenvalue weighted by molar-refractivity contribution is 5.91. The maximum atomic E-state index is 12.1. The maximum Gasteiger partial charge on any atom is 0.510 e. The number of rotatable bonds is 3. The third kappa shape index (κ3) is 2.58. The van der Waals surface area contributed by atoms with E-state index in [1.807, 2.05) is 22.8 Å². The fourth-order valence-corrected chi connectivity index (χ4v) is 2.65. The monoisotopic (exact) mass is 323 g/mol. The number of nitrogens with zero attached hydrogens (tertiary/aromatic N) is 1. The van der Waals surface area contributed by atoms with E-state index in [0.29, 0.717) is 11.3 Å². The molecule has 0 aliphatic carbocycles. The van der Waals surface area contributed by atoms with Gasteiger partial charge in [0, 0.05) is 11.6 Å². The second kappa shape index (κ2) is 5.73. The van der Waals surface area contributed by atoms with Gasteiger partial charge in [0.1, 0.15) is 5.75 Å². The normalized spacial score (nSPS) is 16.7. The maximum absolute atomic E-state index is 12.1. The van der Waals surface area contributed by atoms with Gasteiger partial charge in [-0.25, -0.2) is 9.59 Å². The quantitative estimate of drug-likeness (QED) is 0.545. The van der Waals surface area contributed by atoms with Crippen LogP contribution in [0.5, 0.6) is 5.75 Å². The van der Waals surface area contributed by atoms with Crippen LogP contribution in [-0.2, 0) is 9.47 Å². The molecule has 6 nitrogen and oxygen atoms in total. The van der Waals surface area contributed by atoms with Crippen LogP contribution in [0.25, 0.3) is 10.9 Å². The summed E-state index contributed by atoms with van der Waals surface area (Å²) >= 11 is 0. The SMILES string of the molecule is O=C1OCC(n2ccc3cc(OC(=O)c4ccccc4)ccc32)O1. The van der Waals surface area contributed by atoms with Crippen LogP contribution in [0.4, 0.5) is 4.79 Å². The van der Waals surface area contributed by atoms with Gasteiger partial charge in [-0.15, -0.1) is 0 Å². The number of hydrogen-bond acceptors (Lipinski definition) is 5. The van der Waals surface area contributed by atoms with E-state index < -0.39 is 18.4 Å². The number of carbonyl (C=O) groups is 2. The summed E-state index contributed by atoms with van der Waals surface area (Å²) in [5, 5.41) is 0.872. The van der Waals surface area contributed by atoms with Gasteiger partial charge in [-0.05, 0) is 36.4 Å². The standard InChI is InChI=1S/C18H13NO5/c20-17(12-4-2-1-3-5-12)23-14-6-7-15-13(10-14)8-9-19(15)16-11-22-18(21)24-16/h1-10,16H,11H2. The highest BCUT2D eigenvalue weighted by atomic mass is 16.8. The molecule has 4 rings (SSSR count). The topological polar surface area (TPSA) is 66.8 Å². The van der Waals surface area contributed by atoms with Gasteiger partial charge in [0.25, 0.3) is 0 Å². The van der Waals surface area contributed by atoms with E-state index >= 15 is 0 Å². The van der Waals surface area contributed by atoms with Crippen molar-refractivity contribution < 1.29 is 23.8 Å². The molecule has 1 unspecified atom stereocenters. The molecule has 1 fully saturated rings. The van der Waals surface area contributed by atoms with E-state index in [9.17, 15) is 9.59 Å². The number of fused-ring (bicyclic) bond motifs is 1. The first kappa shape index (κ1) is 14.3. The summed E-state index contributed by atoms with van der Waals surface area (Å²) in [5.41, 5.74) is 1.35. The molecule has 1 saturated heterocycles. The van der Waals surface area contributed by atoms with Gasteiger partial charge in [-0.3, -0.25) is 0 Å². The summed E-state index contributed by atoms with van der Waals surface area (Å²) in [6, 6.07) is 16.0. The molecule has 24 heavy (non-hydrogen) atoms. The van der Waals surface area contributed by atoms with Crippen molar-refractivity contribution in [1.82, 2.24) is 4.57 Å². The molecule has 1 atom stereocenters. The van der Waals surface area contributed by atoms with Gasteiger partial charge in [-0.2, -0.15) is 0 Å². The largest absolute Gasteiger partial charge is 0.510 e. The molecular formula is C18H13NO5. The lowest BCUT2D eigenvalue weighted by atomic mass is 10.2. The number of esters is 1. The summed E-state index contributed by atoms with van der Waals surface area (Å²) in [6.07, 6.45) is 0.656. The third-order valence-corrected chi connectivity index (χ3v) is 3.80. The summed E-state index contributed by atoms with van der Waals surface area (Å²) in [6.45, 7) is 0.174. The average Bonchev–Trinajstić information content (AvgIpc) is 3.21. The first-order valence-electron chi connectivity index (χ1n) is 7.42. The highest BCUT2D eigenvalue weighted by Crippen LogP contribution is 2.27. The number of carbonyl (C=O) groups excluding carboxylic acids is 2. The molecule has 0 spiro atoms. The Hall–Kier alpha value is -3.28. The zero-order valence-electron chi connectivity index (χ0n) is 12.5. The van der Waals surface area contributed by atoms with Crippen molar-refractivity contribution in [2.45, 2.75) is 6.23 Å². The molecule has 0 amide bonds. The Morgan fingerprint density at radius 1 is 1.12 bits per heavy atom. The van der Waals surface area contributed by atoms with Crippen molar-refractivity contribution in [3.05, 3.63) is 66.4 Å². The molecule has 120 valence electrons. The second-order valence-corrected chi connectivity index (χ2v) is 5.33. The van der Waals surface area contributed by atoms with Crippen molar-refractivity contribution in [2.24, 2.45) is 0 Å². The molecule has 0 saturated carbocycles. The predicted molar refractivity (Wildman–Crippen MR) is 84.8 cm³/mol. The molecule has 1 aromatic heterocycles. The number of cyclic esters (lactones) is 2. The molecule has 0 radical (unpaired) electrons. The van der Waals surface area contributed by atoms with Crippen molar-refractivity contribution in [2.75, 3.05) is 6.61 Å². The van der Waals surface area contributed by atoms with Crippen molar-refractivity contribution in [3.8, 4) is 5.75 Å². The van der Waals surface area contributed by atoms with Gasteiger partial charge >= 0.3 is 12.1 Å². The molecule has 2 aromatic carbocycles. The summed E-state index contributed by atoms with van der Waals surface area (Å²) in [5.74, 6) is 0.0428. The van der Waals surface area contributed by atoms with Crippen LogP contribution in [-0.4, -0.2) is 23.3 Å². The summed E-state index contributed by atoms with van der Waals surface area (Å²) in [4.78, 5) is 23.2. The van der Waals surface area contributed by atoms with E-state index in [-0.39, 0.29) is 6.61 Å². The van der Waals surface area contributed by atoms with E-state index in [4.69, 9.17) is 14.2 Å². The predicted octanol–water partition coefficient (Wildman–Crippen LogP) is 3.53. The minimum absolute atomic E-state index is 0.174. The minimum Gasteiger partial charge on any atom is -0.428 e. The number of ether oxygens (including phenoxy) is 3. The van der Waals surface area contributed by atoms with Gasteiger partial charge in [0.15, 0.2) is 6.61 Å². The van der Waals surface area contributed by atoms with Gasteiger partial charge in [0.05, 0.1) is 11.1 Å². The van der Waals surface area contributed by atoms with Crippen LogP contribution < -0.4 is 4.74 Å². The molecular weight excluding hydrogens is 310 g/mol. The van der Waals surface area contributed by atoms with Crippen LogP contribution in [0.2, 0.25) is 0 Å². The molecule has 0 bridgehead atoms. The Morgan fingerprint density at radius 3 is 2.71 bits per heavy atom. The van der Waals surface area contributed by atoms with Crippen LogP contribution in [0.3, 0.4) is 0 Å². The Labute approximate surface area is 137 Å². The minimum atomic E-state index is -0.671. The fraction of sp³-hybridized carbons (Fsp3) is 0.111. The highest BCUT2D eigenvalue weighted by Gasteiger charge is 2.27. The lowest BCUT2D eigenvalue weighted by Gasteiger charge is -2.10. The van der Waals surface area contributed by atoms with E-state index in [2.05, 4.69) is 0 Å². The van der Waals surface area contributed by atoms with Crippen molar-refractivity contribution in [1.29, 1.82) is 0 Å². The Balaban J connectivity index is 1.58. The first-order valence-corrected chi connectivity index (χ1v) is 7.42. The van der Waals surface area contributed by atoms with Crippen LogP contribution >= 0.6 is 0 Å². The van der Waals surface area contributed by atoms with Crippen molar-refractivity contribution >= 4 is 23.0 Å². The third-order valence-electron chi connectivity index (χ3n) is 3.80. The van der Waals surface area contributed by atoms with Gasteiger partial charge < -0.3 is 18.8 Å². The zero-order valence-corrected chi connectivity index (χ0v) is 12.5. The zero-order chi connectivity index (χ0) is 16.5. The Morgan fingerprint density at radius 2 is 1.96 bits per heavy atom. The second-order valence-electron chi connectivity index (χ2n) is 5.33. The molecule has 1 aliphatic rings. The summed E-state index contributed by atoms with van der Waals surface area (Å²) in [7, 11) is 0. The van der Waals surface area contributed by atoms with E-state index in [0.717, 1.165) is 10.9 Å². The lowest BCUT2D eigenvalue weighted by Crippen LogP contribution is -2.09. The summed E-state index contributed by atoms with van der Waals surface area (Å²) < 4.78 is 17.1. The van der Waals surface area contributed by atoms with Crippen molar-refractivity contribution in [3.63, 3.8) is 0 Å². The number of aromatic nitrogens is 1. The molecule has 3 aromatic rings. The first-order chi connectivity index (χ1) is 11.7. The van der Waals surface area contributed by atoms with E-state index in [1.54, 1.807) is 42.6 Å². The molecule has 6 heteroatoms. The molecule has 2 heterocycles. The lowest BCUT2D eigenvalue weighted by molar-refractivity contribution is 0.0734. The Kier molecular flexibility index (Phi) is 3.42. The van der Waals surface area contributed by atoms with E-state index in [1.165, 1.54) is 0 Å². The number of hydrogen-bond donors (Lipinski definition) is 0.